The molecule has 54 valence electrons. The Hall–Kier alpha value is -0.0800. The van der Waals surface area contributed by atoms with Gasteiger partial charge in [-0.25, -0.2) is 0 Å². The second-order valence-corrected chi connectivity index (χ2v) is 2.74. The van der Waals surface area contributed by atoms with Crippen LogP contribution < -0.4 is 5.32 Å². The van der Waals surface area contributed by atoms with Gasteiger partial charge in [0.15, 0.2) is 0 Å². The summed E-state index contributed by atoms with van der Waals surface area (Å²) in [6, 6.07) is 0.728. The second kappa shape index (κ2) is 3.18. The van der Waals surface area contributed by atoms with Crippen molar-refractivity contribution in [2.45, 2.75) is 38.3 Å². The number of hydrogen-bond acceptors (Lipinski definition) is 2. The molecule has 0 radical (unpaired) electrons. The van der Waals surface area contributed by atoms with Crippen molar-refractivity contribution in [1.82, 2.24) is 5.32 Å². The van der Waals surface area contributed by atoms with Crippen LogP contribution in [-0.2, 0) is 0 Å². The minimum atomic E-state index is -0.134. The zero-order chi connectivity index (χ0) is 6.69. The topological polar surface area (TPSA) is 32.3 Å². The van der Waals surface area contributed by atoms with E-state index in [-0.39, 0.29) is 6.10 Å². The van der Waals surface area contributed by atoms with Crippen LogP contribution in [0.4, 0.5) is 0 Å². The maximum atomic E-state index is 9.07. The van der Waals surface area contributed by atoms with Gasteiger partial charge in [0.2, 0.25) is 0 Å². The van der Waals surface area contributed by atoms with Crippen molar-refractivity contribution in [3.05, 3.63) is 0 Å². The molecule has 0 aromatic rings. The van der Waals surface area contributed by atoms with E-state index in [1.165, 1.54) is 12.8 Å². The van der Waals surface area contributed by atoms with Gasteiger partial charge in [0.25, 0.3) is 0 Å². The van der Waals surface area contributed by atoms with Gasteiger partial charge in [0.1, 0.15) is 0 Å². The van der Waals surface area contributed by atoms with Crippen molar-refractivity contribution in [3.8, 4) is 0 Å². The Morgan fingerprint density at radius 2 is 2.33 bits per heavy atom. The smallest absolute Gasteiger partial charge is 0.0662 e. The zero-order valence-corrected chi connectivity index (χ0v) is 5.93. The van der Waals surface area contributed by atoms with Gasteiger partial charge in [-0.1, -0.05) is 6.92 Å². The van der Waals surface area contributed by atoms with Gasteiger partial charge >= 0.3 is 0 Å². The van der Waals surface area contributed by atoms with E-state index >= 15 is 0 Å². The van der Waals surface area contributed by atoms with Crippen molar-refractivity contribution in [3.63, 3.8) is 0 Å². The van der Waals surface area contributed by atoms with Gasteiger partial charge in [-0.3, -0.25) is 0 Å². The Labute approximate surface area is 56.3 Å². The molecule has 0 spiro atoms. The zero-order valence-electron chi connectivity index (χ0n) is 5.93. The lowest BCUT2D eigenvalue weighted by Crippen LogP contribution is -2.27. The lowest BCUT2D eigenvalue weighted by Gasteiger charge is -2.06. The highest BCUT2D eigenvalue weighted by Crippen LogP contribution is 2.18. The molecule has 0 bridgehead atoms. The van der Waals surface area contributed by atoms with Crippen LogP contribution in [0, 0.1) is 0 Å². The van der Waals surface area contributed by atoms with Gasteiger partial charge < -0.3 is 10.4 Å². The fourth-order valence-electron chi connectivity index (χ4n) is 0.734. The molecule has 0 aromatic carbocycles. The first kappa shape index (κ1) is 7.03. The van der Waals surface area contributed by atoms with Gasteiger partial charge in [-0.05, 0) is 19.3 Å². The molecule has 0 aromatic heterocycles. The SMILES string of the molecule is CC[C@@H](O)CNC1CC1. The molecule has 1 saturated carbocycles. The van der Waals surface area contributed by atoms with Crippen molar-refractivity contribution in [2.75, 3.05) is 6.54 Å². The molecule has 2 nitrogen and oxygen atoms in total. The van der Waals surface area contributed by atoms with Gasteiger partial charge in [-0.2, -0.15) is 0 Å². The average molecular weight is 129 g/mol. The maximum absolute atomic E-state index is 9.07. The molecule has 2 N–H and O–H groups in total. The van der Waals surface area contributed by atoms with Crippen LogP contribution in [0.5, 0.6) is 0 Å². The normalized spacial score (nSPS) is 22.0. The highest BCUT2D eigenvalue weighted by molar-refractivity contribution is 4.81. The van der Waals surface area contributed by atoms with E-state index in [0.29, 0.717) is 0 Å². The number of aliphatic hydroxyl groups excluding tert-OH is 1. The van der Waals surface area contributed by atoms with E-state index in [9.17, 15) is 0 Å². The minimum Gasteiger partial charge on any atom is -0.392 e. The molecule has 2 heteroatoms. The third kappa shape index (κ3) is 2.82. The van der Waals surface area contributed by atoms with Gasteiger partial charge in [0.05, 0.1) is 6.10 Å². The van der Waals surface area contributed by atoms with Crippen molar-refractivity contribution >= 4 is 0 Å². The number of hydrogen-bond donors (Lipinski definition) is 2. The Kier molecular flexibility index (Phi) is 2.49. The van der Waals surface area contributed by atoms with Gasteiger partial charge in [0, 0.05) is 12.6 Å². The molecule has 1 rings (SSSR count). The highest BCUT2D eigenvalue weighted by atomic mass is 16.3. The van der Waals surface area contributed by atoms with E-state index < -0.39 is 0 Å². The maximum Gasteiger partial charge on any atom is 0.0662 e. The van der Waals surface area contributed by atoms with Crippen LogP contribution >= 0.6 is 0 Å². The molecule has 1 atom stereocenters. The molecule has 1 aliphatic carbocycles. The molecule has 1 aliphatic rings. The van der Waals surface area contributed by atoms with Crippen LogP contribution in [0.3, 0.4) is 0 Å². The fourth-order valence-corrected chi connectivity index (χ4v) is 0.734. The first-order valence-corrected chi connectivity index (χ1v) is 3.74. The summed E-state index contributed by atoms with van der Waals surface area (Å²) in [6.45, 7) is 2.78. The predicted octanol–water partition coefficient (Wildman–Crippen LogP) is 0.509. The summed E-state index contributed by atoms with van der Waals surface area (Å²) >= 11 is 0. The van der Waals surface area contributed by atoms with Crippen molar-refractivity contribution < 1.29 is 5.11 Å². The van der Waals surface area contributed by atoms with Crippen LogP contribution in [0.1, 0.15) is 26.2 Å². The molecular formula is C7H15NO. The average Bonchev–Trinajstić information content (AvgIpc) is 2.65. The molecular weight excluding hydrogens is 114 g/mol. The molecule has 0 unspecified atom stereocenters. The number of aliphatic hydroxyl groups is 1. The summed E-state index contributed by atoms with van der Waals surface area (Å²) in [5.74, 6) is 0. The Morgan fingerprint density at radius 3 is 2.78 bits per heavy atom. The standard InChI is InChI=1S/C7H15NO/c1-2-7(9)5-8-6-3-4-6/h6-9H,2-5H2,1H3/t7-/m1/s1. The lowest BCUT2D eigenvalue weighted by molar-refractivity contribution is 0.167. The molecule has 9 heavy (non-hydrogen) atoms. The largest absolute Gasteiger partial charge is 0.392 e. The fraction of sp³-hybridized carbons (Fsp3) is 1.00. The lowest BCUT2D eigenvalue weighted by atomic mass is 10.3. The predicted molar refractivity (Wildman–Crippen MR) is 37.3 cm³/mol. The van der Waals surface area contributed by atoms with Crippen LogP contribution in [0.25, 0.3) is 0 Å². The van der Waals surface area contributed by atoms with Crippen molar-refractivity contribution in [2.24, 2.45) is 0 Å². The van der Waals surface area contributed by atoms with E-state index in [4.69, 9.17) is 5.11 Å². The van der Waals surface area contributed by atoms with Crippen LogP contribution in [0.15, 0.2) is 0 Å². The highest BCUT2D eigenvalue weighted by Gasteiger charge is 2.20. The summed E-state index contributed by atoms with van der Waals surface area (Å²) in [5.41, 5.74) is 0. The molecule has 0 saturated heterocycles. The molecule has 0 amide bonds. The Morgan fingerprint density at radius 1 is 1.67 bits per heavy atom. The monoisotopic (exact) mass is 129 g/mol. The third-order valence-electron chi connectivity index (χ3n) is 1.69. The van der Waals surface area contributed by atoms with Gasteiger partial charge in [-0.15, -0.1) is 0 Å². The third-order valence-corrected chi connectivity index (χ3v) is 1.69. The van der Waals surface area contributed by atoms with E-state index in [0.717, 1.165) is 19.0 Å². The molecule has 0 aliphatic heterocycles. The quantitative estimate of drug-likeness (QED) is 0.579. The summed E-state index contributed by atoms with van der Waals surface area (Å²) in [6.07, 6.45) is 3.33. The summed E-state index contributed by atoms with van der Waals surface area (Å²) in [4.78, 5) is 0. The Bertz CT molecular complexity index is 81.0. The first-order valence-electron chi connectivity index (χ1n) is 3.74. The van der Waals surface area contributed by atoms with Crippen LogP contribution in [0.2, 0.25) is 0 Å². The van der Waals surface area contributed by atoms with Crippen LogP contribution in [-0.4, -0.2) is 23.8 Å². The van der Waals surface area contributed by atoms with E-state index in [2.05, 4.69) is 5.32 Å². The second-order valence-electron chi connectivity index (χ2n) is 2.74. The minimum absolute atomic E-state index is 0.134. The summed E-state index contributed by atoms with van der Waals surface area (Å²) in [7, 11) is 0. The van der Waals surface area contributed by atoms with E-state index in [1.54, 1.807) is 0 Å². The Balaban J connectivity index is 1.90. The first-order chi connectivity index (χ1) is 4.33. The number of rotatable bonds is 4. The molecule has 1 fully saturated rings. The van der Waals surface area contributed by atoms with Crippen molar-refractivity contribution in [1.29, 1.82) is 0 Å². The summed E-state index contributed by atoms with van der Waals surface area (Å²) < 4.78 is 0. The number of nitrogens with one attached hydrogen (secondary N) is 1. The molecule has 0 heterocycles. The summed E-state index contributed by atoms with van der Waals surface area (Å²) in [5, 5.41) is 12.3. The van der Waals surface area contributed by atoms with E-state index in [1.807, 2.05) is 6.92 Å².